The SMILES string of the molecule is CCOC(=O)c1cnc(-c2cccc(C(F)(F)F)c2)nc1N(C)C(C)c1ccccc1. The van der Waals surface area contributed by atoms with Crippen LogP contribution in [0, 0.1) is 0 Å². The highest BCUT2D eigenvalue weighted by molar-refractivity contribution is 5.95. The lowest BCUT2D eigenvalue weighted by Gasteiger charge is -2.28. The molecule has 2 aromatic carbocycles. The van der Waals surface area contributed by atoms with Crippen molar-refractivity contribution in [2.45, 2.75) is 26.1 Å². The number of ether oxygens (including phenoxy) is 1. The molecule has 1 atom stereocenters. The standard InChI is InChI=1S/C23H22F3N3O2/c1-4-31-22(30)19-14-27-20(17-11-8-12-18(13-17)23(24,25)26)28-21(19)29(3)15(2)16-9-6-5-7-10-16/h5-15H,4H2,1-3H3. The van der Waals surface area contributed by atoms with E-state index in [9.17, 15) is 18.0 Å². The first kappa shape index (κ1) is 22.3. The summed E-state index contributed by atoms with van der Waals surface area (Å²) in [6.07, 6.45) is -3.19. The van der Waals surface area contributed by atoms with Crippen molar-refractivity contribution < 1.29 is 22.7 Å². The number of carbonyl (C=O) groups is 1. The van der Waals surface area contributed by atoms with Gasteiger partial charge in [-0.3, -0.25) is 0 Å². The summed E-state index contributed by atoms with van der Waals surface area (Å²) in [5.41, 5.74) is 0.532. The number of anilines is 1. The molecule has 0 saturated heterocycles. The van der Waals surface area contributed by atoms with Gasteiger partial charge in [0.1, 0.15) is 11.4 Å². The van der Waals surface area contributed by atoms with Gasteiger partial charge in [0.05, 0.1) is 18.2 Å². The van der Waals surface area contributed by atoms with E-state index in [1.165, 1.54) is 18.3 Å². The molecule has 8 heteroatoms. The van der Waals surface area contributed by atoms with E-state index >= 15 is 0 Å². The van der Waals surface area contributed by atoms with Gasteiger partial charge in [-0.25, -0.2) is 14.8 Å². The Balaban J connectivity index is 2.08. The number of aromatic nitrogens is 2. The minimum atomic E-state index is -4.48. The van der Waals surface area contributed by atoms with E-state index in [0.29, 0.717) is 0 Å². The van der Waals surface area contributed by atoms with Crippen LogP contribution in [0.25, 0.3) is 11.4 Å². The molecule has 162 valence electrons. The van der Waals surface area contributed by atoms with Crippen molar-refractivity contribution in [1.82, 2.24) is 9.97 Å². The number of alkyl halides is 3. The summed E-state index contributed by atoms with van der Waals surface area (Å²) in [4.78, 5) is 22.9. The molecule has 0 fully saturated rings. The smallest absolute Gasteiger partial charge is 0.416 e. The van der Waals surface area contributed by atoms with Gasteiger partial charge in [-0.2, -0.15) is 13.2 Å². The zero-order chi connectivity index (χ0) is 22.6. The Labute approximate surface area is 178 Å². The van der Waals surface area contributed by atoms with Crippen LogP contribution in [0.4, 0.5) is 19.0 Å². The third kappa shape index (κ3) is 5.02. The largest absolute Gasteiger partial charge is 0.462 e. The van der Waals surface area contributed by atoms with Gasteiger partial charge in [0.15, 0.2) is 5.82 Å². The first-order valence-corrected chi connectivity index (χ1v) is 9.72. The van der Waals surface area contributed by atoms with Crippen LogP contribution >= 0.6 is 0 Å². The predicted octanol–water partition coefficient (Wildman–Crippen LogP) is 5.54. The number of hydrogen-bond acceptors (Lipinski definition) is 5. The highest BCUT2D eigenvalue weighted by atomic mass is 19.4. The summed E-state index contributed by atoms with van der Waals surface area (Å²) in [6.45, 7) is 3.80. The molecule has 3 aromatic rings. The summed E-state index contributed by atoms with van der Waals surface area (Å²) < 4.78 is 44.5. The number of benzene rings is 2. The maximum absolute atomic E-state index is 13.1. The van der Waals surface area contributed by atoms with E-state index in [-0.39, 0.29) is 35.4 Å². The van der Waals surface area contributed by atoms with Crippen molar-refractivity contribution >= 4 is 11.8 Å². The molecule has 0 radical (unpaired) electrons. The zero-order valence-corrected chi connectivity index (χ0v) is 17.3. The third-order valence-electron chi connectivity index (χ3n) is 4.91. The second-order valence-electron chi connectivity index (χ2n) is 6.93. The maximum Gasteiger partial charge on any atom is 0.416 e. The van der Waals surface area contributed by atoms with E-state index in [1.807, 2.05) is 37.3 Å². The average Bonchev–Trinajstić information content (AvgIpc) is 2.78. The van der Waals surface area contributed by atoms with Gasteiger partial charge in [-0.05, 0) is 31.5 Å². The fraction of sp³-hybridized carbons (Fsp3) is 0.261. The monoisotopic (exact) mass is 429 g/mol. The molecule has 0 aliphatic rings. The molecule has 5 nitrogen and oxygen atoms in total. The zero-order valence-electron chi connectivity index (χ0n) is 17.3. The summed E-state index contributed by atoms with van der Waals surface area (Å²) in [7, 11) is 1.76. The van der Waals surface area contributed by atoms with Crippen molar-refractivity contribution in [3.8, 4) is 11.4 Å². The Morgan fingerprint density at radius 2 is 1.84 bits per heavy atom. The molecule has 0 N–H and O–H groups in total. The third-order valence-corrected chi connectivity index (χ3v) is 4.91. The lowest BCUT2D eigenvalue weighted by molar-refractivity contribution is -0.137. The second kappa shape index (κ2) is 9.16. The molecule has 0 spiro atoms. The van der Waals surface area contributed by atoms with Crippen molar-refractivity contribution in [2.75, 3.05) is 18.6 Å². The number of halogens is 3. The molecule has 1 aromatic heterocycles. The van der Waals surface area contributed by atoms with Crippen LogP contribution in [0.15, 0.2) is 60.8 Å². The van der Waals surface area contributed by atoms with Crippen LogP contribution in [-0.2, 0) is 10.9 Å². The first-order valence-electron chi connectivity index (χ1n) is 9.72. The first-order chi connectivity index (χ1) is 14.7. The molecular formula is C23H22F3N3O2. The highest BCUT2D eigenvalue weighted by Crippen LogP contribution is 2.33. The quantitative estimate of drug-likeness (QED) is 0.482. The van der Waals surface area contributed by atoms with Crippen LogP contribution in [0.5, 0.6) is 0 Å². The Bertz CT molecular complexity index is 1060. The van der Waals surface area contributed by atoms with Gasteiger partial charge >= 0.3 is 12.1 Å². The van der Waals surface area contributed by atoms with E-state index < -0.39 is 17.7 Å². The molecule has 3 rings (SSSR count). The lowest BCUT2D eigenvalue weighted by atomic mass is 10.1. The second-order valence-corrected chi connectivity index (χ2v) is 6.93. The van der Waals surface area contributed by atoms with Crippen molar-refractivity contribution in [3.05, 3.63) is 77.5 Å². The molecule has 0 saturated carbocycles. The van der Waals surface area contributed by atoms with Crippen molar-refractivity contribution in [2.24, 2.45) is 0 Å². The van der Waals surface area contributed by atoms with Gasteiger partial charge in [-0.1, -0.05) is 42.5 Å². The number of esters is 1. The van der Waals surface area contributed by atoms with E-state index in [2.05, 4.69) is 9.97 Å². The molecule has 0 aliphatic carbocycles. The van der Waals surface area contributed by atoms with Gasteiger partial charge in [0.2, 0.25) is 0 Å². The van der Waals surface area contributed by atoms with Gasteiger partial charge in [-0.15, -0.1) is 0 Å². The van der Waals surface area contributed by atoms with E-state index in [4.69, 9.17) is 4.74 Å². The fourth-order valence-corrected chi connectivity index (χ4v) is 3.11. The summed E-state index contributed by atoms with van der Waals surface area (Å²) in [5.74, 6) is -0.237. The number of carbonyl (C=O) groups excluding carboxylic acids is 1. The van der Waals surface area contributed by atoms with E-state index in [0.717, 1.165) is 17.7 Å². The average molecular weight is 429 g/mol. The minimum absolute atomic E-state index is 0.0845. The molecule has 0 aliphatic heterocycles. The van der Waals surface area contributed by atoms with Crippen LogP contribution in [0.2, 0.25) is 0 Å². The van der Waals surface area contributed by atoms with Crippen molar-refractivity contribution in [3.63, 3.8) is 0 Å². The van der Waals surface area contributed by atoms with Crippen LogP contribution < -0.4 is 4.90 Å². The summed E-state index contributed by atoms with van der Waals surface area (Å²) in [5, 5.41) is 0. The normalized spacial score (nSPS) is 12.3. The van der Waals surface area contributed by atoms with Crippen molar-refractivity contribution in [1.29, 1.82) is 0 Å². The topological polar surface area (TPSA) is 55.3 Å². The molecule has 1 heterocycles. The Morgan fingerprint density at radius 1 is 1.13 bits per heavy atom. The molecule has 1 unspecified atom stereocenters. The number of hydrogen-bond donors (Lipinski definition) is 0. The maximum atomic E-state index is 13.1. The van der Waals surface area contributed by atoms with Gasteiger partial charge in [0, 0.05) is 18.8 Å². The van der Waals surface area contributed by atoms with Crippen LogP contribution in [0.3, 0.4) is 0 Å². The van der Waals surface area contributed by atoms with Crippen LogP contribution in [0.1, 0.15) is 41.4 Å². The molecule has 0 bridgehead atoms. The molecule has 31 heavy (non-hydrogen) atoms. The number of nitrogens with zero attached hydrogens (tertiary/aromatic N) is 3. The Morgan fingerprint density at radius 3 is 2.48 bits per heavy atom. The molecule has 0 amide bonds. The Hall–Kier alpha value is -3.42. The highest BCUT2D eigenvalue weighted by Gasteiger charge is 2.31. The minimum Gasteiger partial charge on any atom is -0.462 e. The fourth-order valence-electron chi connectivity index (χ4n) is 3.11. The van der Waals surface area contributed by atoms with Gasteiger partial charge in [0.25, 0.3) is 0 Å². The Kier molecular flexibility index (Phi) is 6.58. The van der Waals surface area contributed by atoms with Crippen LogP contribution in [-0.4, -0.2) is 29.6 Å². The molecular weight excluding hydrogens is 407 g/mol. The lowest BCUT2D eigenvalue weighted by Crippen LogP contribution is -2.26. The summed E-state index contributed by atoms with van der Waals surface area (Å²) in [6, 6.07) is 14.2. The van der Waals surface area contributed by atoms with E-state index in [1.54, 1.807) is 18.9 Å². The van der Waals surface area contributed by atoms with Gasteiger partial charge < -0.3 is 9.64 Å². The number of rotatable bonds is 6. The predicted molar refractivity (Wildman–Crippen MR) is 112 cm³/mol. The summed E-state index contributed by atoms with van der Waals surface area (Å²) >= 11 is 0.